The van der Waals surface area contributed by atoms with Crippen LogP contribution < -0.4 is 0 Å². The van der Waals surface area contributed by atoms with Gasteiger partial charge in [0, 0.05) is 22.6 Å². The van der Waals surface area contributed by atoms with Crippen LogP contribution in [0.4, 0.5) is 0 Å². The lowest BCUT2D eigenvalue weighted by Gasteiger charge is -2.22. The minimum atomic E-state index is 0.0686. The minimum Gasteiger partial charge on any atom is -0.255 e. The van der Waals surface area contributed by atoms with E-state index in [1.807, 2.05) is 17.5 Å². The second kappa shape index (κ2) is 7.28. The molecule has 2 heterocycles. The number of rotatable bonds is 2. The summed E-state index contributed by atoms with van der Waals surface area (Å²) in [5.74, 6) is 0.512. The predicted octanol–water partition coefficient (Wildman–Crippen LogP) is 8.49. The number of nitrogens with zero attached hydrogens (tertiary/aromatic N) is 1. The molecule has 0 radical (unpaired) electrons. The maximum absolute atomic E-state index is 4.93. The van der Waals surface area contributed by atoms with Crippen LogP contribution in [0.25, 0.3) is 32.1 Å². The van der Waals surface area contributed by atoms with Gasteiger partial charge in [-0.2, -0.15) is 0 Å². The van der Waals surface area contributed by atoms with Crippen LogP contribution in [0.3, 0.4) is 0 Å². The van der Waals surface area contributed by atoms with Gasteiger partial charge < -0.3 is 0 Å². The van der Waals surface area contributed by atoms with Crippen LogP contribution in [0, 0.1) is 0 Å². The maximum Gasteiger partial charge on any atom is 0.0880 e. The van der Waals surface area contributed by atoms with E-state index in [2.05, 4.69) is 93.6 Å². The molecule has 1 unspecified atom stereocenters. The highest BCUT2D eigenvalue weighted by atomic mass is 32.1. The third-order valence-corrected chi connectivity index (χ3v) is 8.25. The molecule has 2 aromatic heterocycles. The van der Waals surface area contributed by atoms with E-state index in [9.17, 15) is 0 Å². The Kier molecular flexibility index (Phi) is 4.48. The third kappa shape index (κ3) is 3.09. The molecule has 1 aliphatic carbocycles. The summed E-state index contributed by atoms with van der Waals surface area (Å²) in [6, 6.07) is 26.7. The predicted molar refractivity (Wildman–Crippen MR) is 138 cm³/mol. The van der Waals surface area contributed by atoms with Gasteiger partial charge in [-0.1, -0.05) is 75.4 Å². The molecule has 0 amide bonds. The fourth-order valence-corrected chi connectivity index (χ4v) is 6.85. The molecule has 0 saturated heterocycles. The van der Waals surface area contributed by atoms with E-state index in [0.29, 0.717) is 5.92 Å². The first kappa shape index (κ1) is 19.7. The van der Waals surface area contributed by atoms with Crippen molar-refractivity contribution < 1.29 is 0 Å². The molecule has 0 saturated carbocycles. The molecule has 32 heavy (non-hydrogen) atoms. The molecule has 0 aliphatic heterocycles. The third-order valence-electron chi connectivity index (χ3n) is 6.88. The number of pyridine rings is 1. The lowest BCUT2D eigenvalue weighted by atomic mass is 9.82. The molecule has 158 valence electrons. The molecule has 5 aromatic rings. The Labute approximate surface area is 193 Å². The Balaban J connectivity index is 1.57. The quantitative estimate of drug-likeness (QED) is 0.272. The van der Waals surface area contributed by atoms with Crippen molar-refractivity contribution in [2.45, 2.75) is 44.9 Å². The van der Waals surface area contributed by atoms with Crippen molar-refractivity contribution in [3.05, 3.63) is 101 Å². The zero-order valence-corrected chi connectivity index (χ0v) is 19.7. The Morgan fingerprint density at radius 1 is 0.875 bits per heavy atom. The monoisotopic (exact) mass is 433 g/mol. The summed E-state index contributed by atoms with van der Waals surface area (Å²) in [7, 11) is 0. The molecule has 1 atom stereocenters. The van der Waals surface area contributed by atoms with E-state index in [1.165, 1.54) is 48.8 Å². The van der Waals surface area contributed by atoms with E-state index < -0.39 is 0 Å². The Hall–Kier alpha value is -2.97. The Bertz CT molecular complexity index is 1450. The normalized spacial score (nSPS) is 16.0. The van der Waals surface area contributed by atoms with E-state index in [-0.39, 0.29) is 5.41 Å². The van der Waals surface area contributed by atoms with E-state index in [0.717, 1.165) is 12.1 Å². The first-order valence-corrected chi connectivity index (χ1v) is 12.3. The summed E-state index contributed by atoms with van der Waals surface area (Å²) in [5, 5.41) is 4.03. The molecular weight excluding hydrogens is 406 g/mol. The van der Waals surface area contributed by atoms with Gasteiger partial charge in [0.2, 0.25) is 0 Å². The van der Waals surface area contributed by atoms with Crippen molar-refractivity contribution in [1.82, 2.24) is 4.98 Å². The van der Waals surface area contributed by atoms with Gasteiger partial charge in [-0.05, 0) is 69.3 Å². The molecule has 1 nitrogen and oxygen atoms in total. The fourth-order valence-electron chi connectivity index (χ4n) is 5.33. The minimum absolute atomic E-state index is 0.0686. The standard InChI is InChI=1S/C30H27NS/c1-30(2,3)26-18-21(17-20-11-7-8-12-22(20)26)27-29-25(15-16-31-27)24-14-13-23(28(24)32-29)19-9-5-4-6-10-19/h4-12,15-18,23H,13-14H2,1-3H3. The number of fused-ring (bicyclic) bond motifs is 4. The van der Waals surface area contributed by atoms with Crippen LogP contribution in [-0.4, -0.2) is 4.98 Å². The first-order chi connectivity index (χ1) is 15.5. The smallest absolute Gasteiger partial charge is 0.0880 e. The van der Waals surface area contributed by atoms with Crippen LogP contribution in [-0.2, 0) is 11.8 Å². The van der Waals surface area contributed by atoms with Gasteiger partial charge in [-0.15, -0.1) is 11.3 Å². The van der Waals surface area contributed by atoms with Gasteiger partial charge in [0.1, 0.15) is 0 Å². The molecule has 0 N–H and O–H groups in total. The molecule has 1 aliphatic rings. The summed E-state index contributed by atoms with van der Waals surface area (Å²) < 4.78 is 1.34. The van der Waals surface area contributed by atoms with E-state index >= 15 is 0 Å². The molecule has 0 spiro atoms. The fraction of sp³-hybridized carbons (Fsp3) is 0.233. The van der Waals surface area contributed by atoms with Gasteiger partial charge in [0.15, 0.2) is 0 Å². The van der Waals surface area contributed by atoms with Crippen molar-refractivity contribution in [1.29, 1.82) is 0 Å². The average Bonchev–Trinajstić information content (AvgIpc) is 3.37. The number of hydrogen-bond donors (Lipinski definition) is 0. The molecular formula is C30H27NS. The van der Waals surface area contributed by atoms with E-state index in [1.54, 1.807) is 5.56 Å². The molecule has 0 fully saturated rings. The highest BCUT2D eigenvalue weighted by molar-refractivity contribution is 7.20. The van der Waals surface area contributed by atoms with Crippen molar-refractivity contribution >= 4 is 32.2 Å². The van der Waals surface area contributed by atoms with Crippen molar-refractivity contribution in [3.8, 4) is 11.3 Å². The molecule has 3 aromatic carbocycles. The topological polar surface area (TPSA) is 12.9 Å². The van der Waals surface area contributed by atoms with Gasteiger partial charge >= 0.3 is 0 Å². The van der Waals surface area contributed by atoms with Crippen molar-refractivity contribution in [2.75, 3.05) is 0 Å². The summed E-state index contributed by atoms with van der Waals surface area (Å²) >= 11 is 1.97. The molecule has 2 heteroatoms. The number of benzene rings is 3. The zero-order chi connectivity index (χ0) is 21.9. The highest BCUT2D eigenvalue weighted by Gasteiger charge is 2.29. The lowest BCUT2D eigenvalue weighted by Crippen LogP contribution is -2.12. The lowest BCUT2D eigenvalue weighted by molar-refractivity contribution is 0.596. The van der Waals surface area contributed by atoms with E-state index in [4.69, 9.17) is 4.98 Å². The summed E-state index contributed by atoms with van der Waals surface area (Å²) in [6.07, 6.45) is 4.37. The first-order valence-electron chi connectivity index (χ1n) is 11.5. The number of thiophene rings is 1. The summed E-state index contributed by atoms with van der Waals surface area (Å²) in [4.78, 5) is 6.47. The molecule has 0 bridgehead atoms. The van der Waals surface area contributed by atoms with Crippen molar-refractivity contribution in [3.63, 3.8) is 0 Å². The highest BCUT2D eigenvalue weighted by Crippen LogP contribution is 2.49. The Morgan fingerprint density at radius 2 is 1.66 bits per heavy atom. The SMILES string of the molecule is CC(C)(C)c1cc(-c2nccc3c4c(sc23)C(c2ccccc2)CC4)cc2ccccc12. The van der Waals surface area contributed by atoms with Crippen LogP contribution >= 0.6 is 11.3 Å². The van der Waals surface area contributed by atoms with Crippen LogP contribution in [0.1, 0.15) is 54.7 Å². The number of hydrogen-bond acceptors (Lipinski definition) is 2. The van der Waals surface area contributed by atoms with Crippen LogP contribution in [0.2, 0.25) is 0 Å². The van der Waals surface area contributed by atoms with Crippen molar-refractivity contribution in [2.24, 2.45) is 0 Å². The summed E-state index contributed by atoms with van der Waals surface area (Å²) in [6.45, 7) is 6.91. The molecule has 6 rings (SSSR count). The van der Waals surface area contributed by atoms with Gasteiger partial charge in [0.05, 0.1) is 10.4 Å². The number of aryl methyl sites for hydroxylation is 1. The zero-order valence-electron chi connectivity index (χ0n) is 18.9. The second-order valence-electron chi connectivity index (χ2n) is 9.98. The maximum atomic E-state index is 4.93. The van der Waals surface area contributed by atoms with Crippen LogP contribution in [0.15, 0.2) is 79.0 Å². The largest absolute Gasteiger partial charge is 0.255 e. The van der Waals surface area contributed by atoms with Gasteiger partial charge in [-0.3, -0.25) is 4.98 Å². The number of aromatic nitrogens is 1. The Morgan fingerprint density at radius 3 is 2.47 bits per heavy atom. The average molecular weight is 434 g/mol. The summed E-state index contributed by atoms with van der Waals surface area (Å²) in [5.41, 5.74) is 6.79. The second-order valence-corrected chi connectivity index (χ2v) is 11.0. The van der Waals surface area contributed by atoms with Crippen LogP contribution in [0.5, 0.6) is 0 Å². The van der Waals surface area contributed by atoms with Gasteiger partial charge in [0.25, 0.3) is 0 Å². The van der Waals surface area contributed by atoms with Gasteiger partial charge in [-0.25, -0.2) is 0 Å².